The van der Waals surface area contributed by atoms with Crippen molar-refractivity contribution in [1.29, 1.82) is 0 Å². The topological polar surface area (TPSA) is 73.7 Å². The molecule has 7 nitrogen and oxygen atoms in total. The standard InChI is InChI=1S/C35H35N3O4S/c1-3-4-21-38-31(34(28-11-7-5-8-12-28)36-35(38)29-13-9-6-10-14-29)24-37(43(39,40)30-18-15-26(2)16-19-30)23-27-17-20-32-33(22-27)42-25-41-32/h5-20,22H,3-4,21,23-25H2,1-2H3. The molecule has 0 radical (unpaired) electrons. The predicted molar refractivity (Wildman–Crippen MR) is 168 cm³/mol. The van der Waals surface area contributed by atoms with Gasteiger partial charge in [0.15, 0.2) is 11.5 Å². The third kappa shape index (κ3) is 6.07. The van der Waals surface area contributed by atoms with Gasteiger partial charge in [0, 0.05) is 24.2 Å². The zero-order valence-corrected chi connectivity index (χ0v) is 25.3. The Labute approximate surface area is 253 Å². The Kier molecular flexibility index (Phi) is 8.31. The van der Waals surface area contributed by atoms with Crippen molar-refractivity contribution in [3.63, 3.8) is 0 Å². The van der Waals surface area contributed by atoms with E-state index in [2.05, 4.69) is 23.6 Å². The number of imidazole rings is 1. The average Bonchev–Trinajstić information content (AvgIpc) is 3.65. The highest BCUT2D eigenvalue weighted by molar-refractivity contribution is 7.89. The van der Waals surface area contributed by atoms with E-state index in [9.17, 15) is 8.42 Å². The molecule has 43 heavy (non-hydrogen) atoms. The predicted octanol–water partition coefficient (Wildman–Crippen LogP) is 7.45. The summed E-state index contributed by atoms with van der Waals surface area (Å²) >= 11 is 0. The molecule has 2 heterocycles. The molecule has 0 saturated carbocycles. The fourth-order valence-corrected chi connectivity index (χ4v) is 6.72. The minimum absolute atomic E-state index is 0.137. The lowest BCUT2D eigenvalue weighted by Crippen LogP contribution is -2.31. The molecule has 1 aliphatic heterocycles. The van der Waals surface area contributed by atoms with Gasteiger partial charge in [-0.3, -0.25) is 0 Å². The lowest BCUT2D eigenvalue weighted by atomic mass is 10.1. The maximum absolute atomic E-state index is 14.4. The van der Waals surface area contributed by atoms with Gasteiger partial charge >= 0.3 is 0 Å². The molecule has 1 aromatic heterocycles. The Balaban J connectivity index is 1.51. The molecule has 0 amide bonds. The van der Waals surface area contributed by atoms with Gasteiger partial charge in [-0.25, -0.2) is 13.4 Å². The van der Waals surface area contributed by atoms with Gasteiger partial charge in [-0.1, -0.05) is 97.8 Å². The summed E-state index contributed by atoms with van der Waals surface area (Å²) in [5.74, 6) is 2.11. The molecule has 0 bridgehead atoms. The molecule has 1 aliphatic rings. The smallest absolute Gasteiger partial charge is 0.243 e. The quantitative estimate of drug-likeness (QED) is 0.159. The van der Waals surface area contributed by atoms with E-state index in [1.165, 1.54) is 0 Å². The van der Waals surface area contributed by atoms with Crippen molar-refractivity contribution in [3.05, 3.63) is 120 Å². The molecule has 0 saturated heterocycles. The third-order valence-corrected chi connectivity index (χ3v) is 9.47. The van der Waals surface area contributed by atoms with E-state index < -0.39 is 10.0 Å². The number of sulfonamides is 1. The number of aromatic nitrogens is 2. The molecule has 0 N–H and O–H groups in total. The minimum Gasteiger partial charge on any atom is -0.454 e. The van der Waals surface area contributed by atoms with Gasteiger partial charge in [-0.2, -0.15) is 4.31 Å². The van der Waals surface area contributed by atoms with E-state index in [4.69, 9.17) is 14.5 Å². The second kappa shape index (κ2) is 12.5. The second-order valence-electron chi connectivity index (χ2n) is 10.7. The highest BCUT2D eigenvalue weighted by Gasteiger charge is 2.30. The summed E-state index contributed by atoms with van der Waals surface area (Å²) in [6.07, 6.45) is 1.93. The fraction of sp³-hybridized carbons (Fsp3) is 0.229. The lowest BCUT2D eigenvalue weighted by molar-refractivity contribution is 0.174. The number of fused-ring (bicyclic) bond motifs is 1. The number of benzene rings is 4. The molecule has 5 aromatic rings. The summed E-state index contributed by atoms with van der Waals surface area (Å²) in [7, 11) is -3.90. The van der Waals surface area contributed by atoms with Crippen molar-refractivity contribution in [2.75, 3.05) is 6.79 Å². The first-order chi connectivity index (χ1) is 20.9. The Bertz CT molecular complexity index is 1800. The van der Waals surface area contributed by atoms with Crippen LogP contribution < -0.4 is 9.47 Å². The number of ether oxygens (including phenoxy) is 2. The first-order valence-electron chi connectivity index (χ1n) is 14.6. The molecule has 8 heteroatoms. The monoisotopic (exact) mass is 593 g/mol. The Hall–Kier alpha value is -4.40. The van der Waals surface area contributed by atoms with Crippen molar-refractivity contribution in [3.8, 4) is 34.1 Å². The van der Waals surface area contributed by atoms with Crippen LogP contribution in [-0.4, -0.2) is 29.1 Å². The van der Waals surface area contributed by atoms with Crippen LogP contribution in [0.4, 0.5) is 0 Å². The van der Waals surface area contributed by atoms with Gasteiger partial charge in [0.25, 0.3) is 0 Å². The Morgan fingerprint density at radius 3 is 2.19 bits per heavy atom. The van der Waals surface area contributed by atoms with Crippen molar-refractivity contribution < 1.29 is 17.9 Å². The van der Waals surface area contributed by atoms with Crippen LogP contribution in [0.1, 0.15) is 36.6 Å². The summed E-state index contributed by atoms with van der Waals surface area (Å²) in [5.41, 5.74) is 5.38. The maximum Gasteiger partial charge on any atom is 0.243 e. The summed E-state index contributed by atoms with van der Waals surface area (Å²) < 4.78 is 43.6. The van der Waals surface area contributed by atoms with E-state index in [1.807, 2.05) is 85.8 Å². The van der Waals surface area contributed by atoms with Crippen LogP contribution in [0.15, 0.2) is 108 Å². The van der Waals surface area contributed by atoms with E-state index in [1.54, 1.807) is 16.4 Å². The highest BCUT2D eigenvalue weighted by Crippen LogP contribution is 2.35. The van der Waals surface area contributed by atoms with Gasteiger partial charge in [0.1, 0.15) is 5.82 Å². The van der Waals surface area contributed by atoms with Gasteiger partial charge in [0.2, 0.25) is 16.8 Å². The van der Waals surface area contributed by atoms with Gasteiger partial charge in [0.05, 0.1) is 22.8 Å². The highest BCUT2D eigenvalue weighted by atomic mass is 32.2. The summed E-state index contributed by atoms with van der Waals surface area (Å²) in [6.45, 7) is 5.27. The molecule has 0 spiro atoms. The second-order valence-corrected chi connectivity index (χ2v) is 12.7. The zero-order valence-electron chi connectivity index (χ0n) is 24.4. The number of aryl methyl sites for hydroxylation is 1. The van der Waals surface area contributed by atoms with Crippen LogP contribution in [0.2, 0.25) is 0 Å². The Morgan fingerprint density at radius 1 is 0.814 bits per heavy atom. The number of hydrogen-bond acceptors (Lipinski definition) is 5. The van der Waals surface area contributed by atoms with Crippen LogP contribution in [0, 0.1) is 6.92 Å². The van der Waals surface area contributed by atoms with E-state index >= 15 is 0 Å². The van der Waals surface area contributed by atoms with Crippen LogP contribution in [0.25, 0.3) is 22.6 Å². The number of rotatable bonds is 11. The van der Waals surface area contributed by atoms with Gasteiger partial charge in [-0.05, 0) is 43.2 Å². The first-order valence-corrected chi connectivity index (χ1v) is 16.0. The fourth-order valence-electron chi connectivity index (χ4n) is 5.33. The van der Waals surface area contributed by atoms with Crippen molar-refractivity contribution in [1.82, 2.24) is 13.9 Å². The Morgan fingerprint density at radius 2 is 1.49 bits per heavy atom. The van der Waals surface area contributed by atoms with Crippen molar-refractivity contribution in [2.24, 2.45) is 0 Å². The summed E-state index contributed by atoms with van der Waals surface area (Å²) in [5, 5.41) is 0. The molecule has 4 aromatic carbocycles. The van der Waals surface area contributed by atoms with E-state index in [0.717, 1.165) is 58.9 Å². The lowest BCUT2D eigenvalue weighted by Gasteiger charge is -2.24. The molecule has 0 aliphatic carbocycles. The molecule has 6 rings (SSSR count). The molecule has 0 fully saturated rings. The number of nitrogens with zero attached hydrogens (tertiary/aromatic N) is 3. The molecule has 220 valence electrons. The SMILES string of the molecule is CCCCn1c(-c2ccccc2)nc(-c2ccccc2)c1CN(Cc1ccc2c(c1)OCO2)S(=O)(=O)c1ccc(C)cc1. The molecule has 0 atom stereocenters. The molecule has 0 unspecified atom stereocenters. The van der Waals surface area contributed by atoms with Crippen LogP contribution in [-0.2, 0) is 29.7 Å². The van der Waals surface area contributed by atoms with Crippen LogP contribution >= 0.6 is 0 Å². The number of hydrogen-bond donors (Lipinski definition) is 0. The largest absolute Gasteiger partial charge is 0.454 e. The summed E-state index contributed by atoms with van der Waals surface area (Å²) in [4.78, 5) is 5.44. The van der Waals surface area contributed by atoms with Crippen molar-refractivity contribution >= 4 is 10.0 Å². The molecular formula is C35H35N3O4S. The normalized spacial score (nSPS) is 12.6. The summed E-state index contributed by atoms with van der Waals surface area (Å²) in [6, 6.07) is 32.7. The first kappa shape index (κ1) is 28.7. The minimum atomic E-state index is -3.90. The van der Waals surface area contributed by atoms with Crippen LogP contribution in [0.3, 0.4) is 0 Å². The van der Waals surface area contributed by atoms with E-state index in [-0.39, 0.29) is 24.8 Å². The van der Waals surface area contributed by atoms with Gasteiger partial charge in [-0.15, -0.1) is 0 Å². The maximum atomic E-state index is 14.4. The molecular weight excluding hydrogens is 558 g/mol. The zero-order chi connectivity index (χ0) is 29.8. The van der Waals surface area contributed by atoms with Crippen molar-refractivity contribution in [2.45, 2.75) is 51.2 Å². The van der Waals surface area contributed by atoms with Crippen LogP contribution in [0.5, 0.6) is 11.5 Å². The average molecular weight is 594 g/mol. The number of unbranched alkanes of at least 4 members (excludes halogenated alkanes) is 1. The third-order valence-electron chi connectivity index (χ3n) is 7.67. The van der Waals surface area contributed by atoms with E-state index in [0.29, 0.717) is 11.5 Å². The van der Waals surface area contributed by atoms with Gasteiger partial charge < -0.3 is 14.0 Å².